The molecule has 1 N–H and O–H groups in total. The summed E-state index contributed by atoms with van der Waals surface area (Å²) in [5.74, 6) is 0.366. The van der Waals surface area contributed by atoms with Gasteiger partial charge in [0.2, 0.25) is 10.0 Å². The number of nitrogens with zero attached hydrogens (tertiary/aromatic N) is 3. The number of piperazine rings is 1. The van der Waals surface area contributed by atoms with Gasteiger partial charge in [-0.2, -0.15) is 4.31 Å². The third-order valence-corrected chi connectivity index (χ3v) is 6.35. The normalized spacial score (nSPS) is 16.5. The molecule has 0 amide bonds. The van der Waals surface area contributed by atoms with Gasteiger partial charge in [-0.15, -0.1) is 0 Å². The first-order valence-corrected chi connectivity index (χ1v) is 10.0. The van der Waals surface area contributed by atoms with Gasteiger partial charge in [0, 0.05) is 38.9 Å². The third kappa shape index (κ3) is 4.57. The molecule has 2 heterocycles. The summed E-state index contributed by atoms with van der Waals surface area (Å²) in [6.07, 6.45) is 2.12. The van der Waals surface area contributed by atoms with E-state index >= 15 is 0 Å². The largest absolute Gasteiger partial charge is 0.370 e. The zero-order chi connectivity index (χ0) is 18.6. The Labute approximate surface area is 153 Å². The van der Waals surface area contributed by atoms with Crippen molar-refractivity contribution in [2.45, 2.75) is 11.3 Å². The Morgan fingerprint density at radius 3 is 2.38 bits per heavy atom. The molecule has 26 heavy (non-hydrogen) atoms. The number of anilines is 1. The van der Waals surface area contributed by atoms with Gasteiger partial charge in [-0.1, -0.05) is 12.1 Å². The molecule has 1 saturated heterocycles. The summed E-state index contributed by atoms with van der Waals surface area (Å²) in [4.78, 5) is 6.54. The molecule has 0 unspecified atom stereocenters. The Morgan fingerprint density at radius 2 is 1.77 bits per heavy atom. The molecule has 0 spiro atoms. The summed E-state index contributed by atoms with van der Waals surface area (Å²) < 4.78 is 39.7. The third-order valence-electron chi connectivity index (χ3n) is 4.47. The topological polar surface area (TPSA) is 65.5 Å². The van der Waals surface area contributed by atoms with Gasteiger partial charge >= 0.3 is 0 Å². The maximum Gasteiger partial charge on any atom is 0.244 e. The van der Waals surface area contributed by atoms with Crippen molar-refractivity contribution in [1.82, 2.24) is 14.2 Å². The highest BCUT2D eigenvalue weighted by atomic mass is 32.2. The van der Waals surface area contributed by atoms with Gasteiger partial charge in [0.1, 0.15) is 16.5 Å². The number of hydrogen-bond acceptors (Lipinski definition) is 5. The van der Waals surface area contributed by atoms with Crippen molar-refractivity contribution >= 4 is 15.8 Å². The lowest BCUT2D eigenvalue weighted by atomic mass is 10.1. The average Bonchev–Trinajstić information content (AvgIpc) is 2.64. The molecular formula is C18H23FN4O2S. The first kappa shape index (κ1) is 18.8. The van der Waals surface area contributed by atoms with Crippen LogP contribution in [0.5, 0.6) is 0 Å². The zero-order valence-corrected chi connectivity index (χ0v) is 15.5. The van der Waals surface area contributed by atoms with Gasteiger partial charge in [-0.25, -0.2) is 17.8 Å². The maximum atomic E-state index is 12.9. The van der Waals surface area contributed by atoms with Crippen LogP contribution in [0.1, 0.15) is 5.56 Å². The second-order valence-electron chi connectivity index (χ2n) is 6.39. The summed E-state index contributed by atoms with van der Waals surface area (Å²) in [5, 5.41) is 3.15. The second kappa shape index (κ2) is 8.11. The number of rotatable bonds is 6. The minimum Gasteiger partial charge on any atom is -0.370 e. The second-order valence-corrected chi connectivity index (χ2v) is 8.33. The summed E-state index contributed by atoms with van der Waals surface area (Å²) in [6, 6.07) is 9.62. The number of nitrogens with one attached hydrogen (secondary N) is 1. The van der Waals surface area contributed by atoms with Crippen molar-refractivity contribution in [3.63, 3.8) is 0 Å². The number of benzene rings is 1. The number of halogens is 1. The lowest BCUT2D eigenvalue weighted by molar-refractivity contribution is 0.222. The van der Waals surface area contributed by atoms with E-state index in [1.807, 2.05) is 7.05 Å². The summed E-state index contributed by atoms with van der Waals surface area (Å²) in [7, 11) is -1.50. The fraction of sp³-hybridized carbons (Fsp3) is 0.389. The molecule has 1 aliphatic rings. The number of sulfonamides is 1. The zero-order valence-electron chi connectivity index (χ0n) is 14.7. The van der Waals surface area contributed by atoms with E-state index in [1.54, 1.807) is 24.3 Å². The maximum absolute atomic E-state index is 12.9. The van der Waals surface area contributed by atoms with Crippen molar-refractivity contribution in [3.8, 4) is 0 Å². The number of hydrogen-bond donors (Lipinski definition) is 1. The van der Waals surface area contributed by atoms with Crippen molar-refractivity contribution in [2.75, 3.05) is 45.1 Å². The molecule has 0 saturated carbocycles. The van der Waals surface area contributed by atoms with Gasteiger partial charge in [-0.3, -0.25) is 0 Å². The Kier molecular flexibility index (Phi) is 5.85. The van der Waals surface area contributed by atoms with E-state index in [0.29, 0.717) is 25.5 Å². The van der Waals surface area contributed by atoms with Crippen molar-refractivity contribution in [1.29, 1.82) is 0 Å². The molecule has 140 valence electrons. The van der Waals surface area contributed by atoms with E-state index in [-0.39, 0.29) is 10.7 Å². The van der Waals surface area contributed by atoms with E-state index in [1.165, 1.54) is 22.6 Å². The lowest BCUT2D eigenvalue weighted by Gasteiger charge is -2.31. The van der Waals surface area contributed by atoms with Gasteiger partial charge in [-0.05, 0) is 43.3 Å². The van der Waals surface area contributed by atoms with E-state index < -0.39 is 10.0 Å². The fourth-order valence-electron chi connectivity index (χ4n) is 2.80. The summed E-state index contributed by atoms with van der Waals surface area (Å²) in [6.45, 7) is 3.08. The van der Waals surface area contributed by atoms with Crippen LogP contribution < -0.4 is 5.32 Å². The van der Waals surface area contributed by atoms with Gasteiger partial charge in [0.15, 0.2) is 0 Å². The van der Waals surface area contributed by atoms with Gasteiger partial charge in [0.25, 0.3) is 0 Å². The van der Waals surface area contributed by atoms with Crippen molar-refractivity contribution < 1.29 is 12.8 Å². The standard InChI is InChI=1S/C18H23FN4O2S/c1-22-10-12-23(13-11-22)26(24,25)17-6-7-18(21-14-17)20-9-8-15-2-4-16(19)5-3-15/h2-7,14H,8-13H2,1H3,(H,20,21). The first-order chi connectivity index (χ1) is 12.4. The fourth-order valence-corrected chi connectivity index (χ4v) is 4.17. The quantitative estimate of drug-likeness (QED) is 0.831. The van der Waals surface area contributed by atoms with Crippen LogP contribution in [0.4, 0.5) is 10.2 Å². The smallest absolute Gasteiger partial charge is 0.244 e. The minimum atomic E-state index is -3.49. The Morgan fingerprint density at radius 1 is 1.08 bits per heavy atom. The van der Waals surface area contributed by atoms with E-state index in [4.69, 9.17) is 0 Å². The van der Waals surface area contributed by atoms with Crippen LogP contribution >= 0.6 is 0 Å². The SMILES string of the molecule is CN1CCN(S(=O)(=O)c2ccc(NCCc3ccc(F)cc3)nc2)CC1. The molecule has 0 aliphatic carbocycles. The van der Waals surface area contributed by atoms with E-state index in [2.05, 4.69) is 15.2 Å². The Hall–Kier alpha value is -2.03. The average molecular weight is 378 g/mol. The molecule has 0 radical (unpaired) electrons. The van der Waals surface area contributed by atoms with Gasteiger partial charge < -0.3 is 10.2 Å². The highest BCUT2D eigenvalue weighted by molar-refractivity contribution is 7.89. The monoisotopic (exact) mass is 378 g/mol. The van der Waals surface area contributed by atoms with Crippen LogP contribution in [0.2, 0.25) is 0 Å². The van der Waals surface area contributed by atoms with Crippen LogP contribution in [0, 0.1) is 5.82 Å². The highest BCUT2D eigenvalue weighted by Crippen LogP contribution is 2.18. The molecule has 1 aromatic heterocycles. The lowest BCUT2D eigenvalue weighted by Crippen LogP contribution is -2.47. The molecule has 0 bridgehead atoms. The predicted octanol–water partition coefficient (Wildman–Crippen LogP) is 1.81. The minimum absolute atomic E-state index is 0.214. The number of pyridine rings is 1. The molecule has 2 aromatic rings. The van der Waals surface area contributed by atoms with Crippen LogP contribution in [-0.2, 0) is 16.4 Å². The summed E-state index contributed by atoms with van der Waals surface area (Å²) >= 11 is 0. The van der Waals surface area contributed by atoms with Crippen LogP contribution in [-0.4, -0.2) is 62.4 Å². The number of likely N-dealkylation sites (N-methyl/N-ethyl adjacent to an activating group) is 1. The van der Waals surface area contributed by atoms with Crippen LogP contribution in [0.3, 0.4) is 0 Å². The molecule has 1 aliphatic heterocycles. The first-order valence-electron chi connectivity index (χ1n) is 8.58. The molecule has 1 fully saturated rings. The Bertz CT molecular complexity index is 817. The summed E-state index contributed by atoms with van der Waals surface area (Å²) in [5.41, 5.74) is 1.02. The van der Waals surface area contributed by atoms with E-state index in [9.17, 15) is 12.8 Å². The van der Waals surface area contributed by atoms with Gasteiger partial charge in [0.05, 0.1) is 0 Å². The van der Waals surface area contributed by atoms with Crippen molar-refractivity contribution in [2.24, 2.45) is 0 Å². The molecule has 1 aromatic carbocycles. The van der Waals surface area contributed by atoms with E-state index in [0.717, 1.165) is 25.1 Å². The molecule has 3 rings (SSSR count). The predicted molar refractivity (Wildman–Crippen MR) is 99.1 cm³/mol. The van der Waals surface area contributed by atoms with Crippen LogP contribution in [0.15, 0.2) is 47.5 Å². The van der Waals surface area contributed by atoms with Crippen LogP contribution in [0.25, 0.3) is 0 Å². The molecule has 6 nitrogen and oxygen atoms in total. The number of aromatic nitrogens is 1. The molecule has 8 heteroatoms. The highest BCUT2D eigenvalue weighted by Gasteiger charge is 2.27. The van der Waals surface area contributed by atoms with Crippen molar-refractivity contribution in [3.05, 3.63) is 54.0 Å². The molecule has 0 atom stereocenters. The Balaban J connectivity index is 1.56. The molecular weight excluding hydrogens is 355 g/mol.